The molecule has 0 bridgehead atoms. The molecule has 0 saturated carbocycles. The standard InChI is InChI=1S/C19H28ClFN4O2.HI/c1-4-27-18(26)25-9-7-14(8-10-25)24-17(22)23-12-19(2,3)15-6-5-13(21)11-16(15)20;/h5-6,11,14H,4,7-10,12H2,1-3H3,(H3,22,23,24);1H. The van der Waals surface area contributed by atoms with E-state index in [1.807, 2.05) is 13.8 Å². The second-order valence-corrected chi connectivity index (χ2v) is 7.72. The van der Waals surface area contributed by atoms with Crippen LogP contribution >= 0.6 is 35.6 Å². The number of likely N-dealkylation sites (tertiary alicyclic amines) is 1. The van der Waals surface area contributed by atoms with Crippen LogP contribution in [0.2, 0.25) is 5.02 Å². The molecule has 158 valence electrons. The Balaban J connectivity index is 0.00000392. The number of ether oxygens (including phenoxy) is 1. The highest BCUT2D eigenvalue weighted by atomic mass is 127. The smallest absolute Gasteiger partial charge is 0.409 e. The largest absolute Gasteiger partial charge is 0.450 e. The van der Waals surface area contributed by atoms with Gasteiger partial charge in [-0.3, -0.25) is 4.99 Å². The maximum atomic E-state index is 13.3. The summed E-state index contributed by atoms with van der Waals surface area (Å²) in [6, 6.07) is 4.55. The van der Waals surface area contributed by atoms with E-state index in [-0.39, 0.29) is 47.3 Å². The summed E-state index contributed by atoms with van der Waals surface area (Å²) in [5, 5.41) is 3.60. The molecule has 0 atom stereocenters. The van der Waals surface area contributed by atoms with Crippen molar-refractivity contribution in [2.24, 2.45) is 10.7 Å². The highest BCUT2D eigenvalue weighted by molar-refractivity contribution is 14.0. The van der Waals surface area contributed by atoms with Crippen molar-refractivity contribution >= 4 is 47.6 Å². The van der Waals surface area contributed by atoms with Crippen LogP contribution in [0.1, 0.15) is 39.2 Å². The summed E-state index contributed by atoms with van der Waals surface area (Å²) in [5.41, 5.74) is 6.47. The van der Waals surface area contributed by atoms with Gasteiger partial charge in [-0.2, -0.15) is 0 Å². The summed E-state index contributed by atoms with van der Waals surface area (Å²) in [6.45, 7) is 7.82. The number of aliphatic imine (C=N–C) groups is 1. The molecule has 0 aromatic heterocycles. The molecule has 0 unspecified atom stereocenters. The van der Waals surface area contributed by atoms with E-state index in [1.54, 1.807) is 17.9 Å². The summed E-state index contributed by atoms with van der Waals surface area (Å²) < 4.78 is 18.3. The molecule has 1 aliphatic rings. The predicted octanol–water partition coefficient (Wildman–Crippen LogP) is 3.90. The van der Waals surface area contributed by atoms with Crippen molar-refractivity contribution in [1.29, 1.82) is 0 Å². The highest BCUT2D eigenvalue weighted by Crippen LogP contribution is 2.30. The van der Waals surface area contributed by atoms with E-state index in [4.69, 9.17) is 22.1 Å². The summed E-state index contributed by atoms with van der Waals surface area (Å²) in [4.78, 5) is 17.9. The fourth-order valence-corrected chi connectivity index (χ4v) is 3.51. The molecule has 1 saturated heterocycles. The zero-order valence-electron chi connectivity index (χ0n) is 16.5. The van der Waals surface area contributed by atoms with E-state index in [0.717, 1.165) is 18.4 Å². The van der Waals surface area contributed by atoms with Gasteiger partial charge >= 0.3 is 6.09 Å². The molecule has 1 heterocycles. The molecule has 6 nitrogen and oxygen atoms in total. The third-order valence-electron chi connectivity index (χ3n) is 4.68. The Morgan fingerprint density at radius 3 is 2.64 bits per heavy atom. The van der Waals surface area contributed by atoms with Gasteiger partial charge in [-0.15, -0.1) is 24.0 Å². The monoisotopic (exact) mass is 526 g/mol. The molecular formula is C19H29ClFIN4O2. The van der Waals surface area contributed by atoms with Crippen molar-refractivity contribution in [3.05, 3.63) is 34.6 Å². The molecule has 28 heavy (non-hydrogen) atoms. The molecule has 3 N–H and O–H groups in total. The first-order chi connectivity index (χ1) is 12.7. The maximum Gasteiger partial charge on any atom is 0.409 e. The van der Waals surface area contributed by atoms with Crippen LogP contribution in [-0.2, 0) is 10.2 Å². The Morgan fingerprint density at radius 1 is 1.43 bits per heavy atom. The average Bonchev–Trinajstić information content (AvgIpc) is 2.60. The quantitative estimate of drug-likeness (QED) is 0.346. The SMILES string of the molecule is CCOC(=O)N1CCC(NC(N)=NCC(C)(C)c2ccc(F)cc2Cl)CC1.I. The fourth-order valence-electron chi connectivity index (χ4n) is 3.08. The van der Waals surface area contributed by atoms with Crippen molar-refractivity contribution in [2.45, 2.75) is 45.1 Å². The molecular weight excluding hydrogens is 498 g/mol. The van der Waals surface area contributed by atoms with Gasteiger partial charge in [0.25, 0.3) is 0 Å². The van der Waals surface area contributed by atoms with Gasteiger partial charge < -0.3 is 20.7 Å². The molecule has 0 aliphatic carbocycles. The maximum absolute atomic E-state index is 13.3. The minimum absolute atomic E-state index is 0. The number of halogens is 3. The summed E-state index contributed by atoms with van der Waals surface area (Å²) >= 11 is 6.17. The molecule has 1 amide bonds. The molecule has 1 aliphatic heterocycles. The number of piperidine rings is 1. The number of nitrogens with zero attached hydrogens (tertiary/aromatic N) is 2. The third kappa shape index (κ3) is 6.95. The number of carbonyl (C=O) groups is 1. The molecule has 1 aromatic rings. The van der Waals surface area contributed by atoms with Crippen LogP contribution < -0.4 is 11.1 Å². The van der Waals surface area contributed by atoms with Crippen molar-refractivity contribution in [3.8, 4) is 0 Å². The van der Waals surface area contributed by atoms with Crippen LogP contribution in [0, 0.1) is 5.82 Å². The van der Waals surface area contributed by atoms with Gasteiger partial charge in [-0.05, 0) is 37.5 Å². The number of carbonyl (C=O) groups excluding carboxylic acids is 1. The van der Waals surface area contributed by atoms with Gasteiger partial charge in [0.2, 0.25) is 0 Å². The molecule has 2 rings (SSSR count). The first kappa shape index (κ1) is 24.7. The number of benzene rings is 1. The Labute approximate surface area is 188 Å². The Bertz CT molecular complexity index is 695. The summed E-state index contributed by atoms with van der Waals surface area (Å²) in [6.07, 6.45) is 1.29. The van der Waals surface area contributed by atoms with Gasteiger partial charge in [-0.25, -0.2) is 9.18 Å². The fraction of sp³-hybridized carbons (Fsp3) is 0.579. The van der Waals surface area contributed by atoms with E-state index >= 15 is 0 Å². The van der Waals surface area contributed by atoms with Crippen LogP contribution in [-0.4, -0.2) is 49.2 Å². The zero-order chi connectivity index (χ0) is 20.0. The number of guanidine groups is 1. The van der Waals surface area contributed by atoms with Gasteiger partial charge in [0.05, 0.1) is 13.2 Å². The number of hydrogen-bond acceptors (Lipinski definition) is 3. The van der Waals surface area contributed by atoms with Gasteiger partial charge in [-0.1, -0.05) is 31.5 Å². The van der Waals surface area contributed by atoms with Crippen LogP contribution in [0.3, 0.4) is 0 Å². The van der Waals surface area contributed by atoms with Crippen LogP contribution in [0.4, 0.5) is 9.18 Å². The topological polar surface area (TPSA) is 80.0 Å². The number of rotatable bonds is 5. The first-order valence-corrected chi connectivity index (χ1v) is 9.54. The van der Waals surface area contributed by atoms with E-state index in [1.165, 1.54) is 12.1 Å². The lowest BCUT2D eigenvalue weighted by atomic mass is 9.84. The van der Waals surface area contributed by atoms with E-state index < -0.39 is 0 Å². The van der Waals surface area contributed by atoms with E-state index in [0.29, 0.717) is 37.2 Å². The van der Waals surface area contributed by atoms with Crippen LogP contribution in [0.15, 0.2) is 23.2 Å². The van der Waals surface area contributed by atoms with E-state index in [2.05, 4.69) is 10.3 Å². The van der Waals surface area contributed by atoms with Crippen molar-refractivity contribution < 1.29 is 13.9 Å². The van der Waals surface area contributed by atoms with Gasteiger partial charge in [0.15, 0.2) is 5.96 Å². The summed E-state index contributed by atoms with van der Waals surface area (Å²) in [5.74, 6) is -0.00529. The number of hydrogen-bond donors (Lipinski definition) is 2. The normalized spacial score (nSPS) is 15.8. The van der Waals surface area contributed by atoms with Gasteiger partial charge in [0.1, 0.15) is 5.82 Å². The Morgan fingerprint density at radius 2 is 2.07 bits per heavy atom. The second-order valence-electron chi connectivity index (χ2n) is 7.31. The molecule has 1 aromatic carbocycles. The third-order valence-corrected chi connectivity index (χ3v) is 4.99. The molecule has 0 spiro atoms. The Kier molecular flexibility index (Phi) is 9.76. The molecule has 0 radical (unpaired) electrons. The van der Waals surface area contributed by atoms with Gasteiger partial charge in [0, 0.05) is 29.6 Å². The molecule has 1 fully saturated rings. The average molecular weight is 527 g/mol. The lowest BCUT2D eigenvalue weighted by molar-refractivity contribution is 0.0963. The number of amides is 1. The Hall–Kier alpha value is -1.29. The van der Waals surface area contributed by atoms with Crippen molar-refractivity contribution in [1.82, 2.24) is 10.2 Å². The van der Waals surface area contributed by atoms with E-state index in [9.17, 15) is 9.18 Å². The van der Waals surface area contributed by atoms with Crippen molar-refractivity contribution in [3.63, 3.8) is 0 Å². The minimum Gasteiger partial charge on any atom is -0.450 e. The lowest BCUT2D eigenvalue weighted by Gasteiger charge is -2.32. The lowest BCUT2D eigenvalue weighted by Crippen LogP contribution is -2.48. The van der Waals surface area contributed by atoms with Crippen LogP contribution in [0.25, 0.3) is 0 Å². The highest BCUT2D eigenvalue weighted by Gasteiger charge is 2.25. The predicted molar refractivity (Wildman–Crippen MR) is 121 cm³/mol. The number of nitrogens with one attached hydrogen (secondary N) is 1. The van der Waals surface area contributed by atoms with Crippen molar-refractivity contribution in [2.75, 3.05) is 26.2 Å². The molecule has 9 heteroatoms. The zero-order valence-corrected chi connectivity index (χ0v) is 19.6. The number of nitrogens with two attached hydrogens (primary N) is 1. The summed E-state index contributed by atoms with van der Waals surface area (Å²) in [7, 11) is 0. The van der Waals surface area contributed by atoms with Crippen LogP contribution in [0.5, 0.6) is 0 Å². The second kappa shape index (κ2) is 11.0. The first-order valence-electron chi connectivity index (χ1n) is 9.16. The minimum atomic E-state index is -0.385.